The van der Waals surface area contributed by atoms with Crippen LogP contribution in [0.25, 0.3) is 10.6 Å². The van der Waals surface area contributed by atoms with E-state index in [1.54, 1.807) is 24.3 Å². The minimum atomic E-state index is -3.88. The third-order valence-electron chi connectivity index (χ3n) is 2.54. The number of nitrogens with zero attached hydrogens (tertiary/aromatic N) is 1. The molecule has 0 saturated heterocycles. The van der Waals surface area contributed by atoms with Crippen molar-refractivity contribution in [1.29, 1.82) is 0 Å². The molecule has 2 heterocycles. The Labute approximate surface area is 129 Å². The van der Waals surface area contributed by atoms with Crippen molar-refractivity contribution in [2.45, 2.75) is 4.21 Å². The van der Waals surface area contributed by atoms with Gasteiger partial charge < -0.3 is 8.71 Å². The van der Waals surface area contributed by atoms with Crippen molar-refractivity contribution in [2.24, 2.45) is 0 Å². The van der Waals surface area contributed by atoms with Crippen LogP contribution in [-0.2, 0) is 10.1 Å². The molecule has 0 aliphatic carbocycles. The minimum Gasteiger partial charge on any atom is -0.378 e. The normalized spacial score (nSPS) is 11.5. The lowest BCUT2D eigenvalue weighted by atomic mass is 10.3. The molecular formula is C13H8ClNO4S2. The molecule has 0 atom stereocenters. The molecule has 21 heavy (non-hydrogen) atoms. The molecule has 2 aromatic heterocycles. The quantitative estimate of drug-likeness (QED) is 0.674. The number of halogens is 1. The van der Waals surface area contributed by atoms with Crippen molar-refractivity contribution >= 4 is 33.1 Å². The summed E-state index contributed by atoms with van der Waals surface area (Å²) in [6, 6.07) is 10.9. The van der Waals surface area contributed by atoms with Gasteiger partial charge in [-0.25, -0.2) is 0 Å². The molecule has 3 rings (SSSR count). The minimum absolute atomic E-state index is 0.0930. The Morgan fingerprint density at radius 2 is 1.86 bits per heavy atom. The lowest BCUT2D eigenvalue weighted by Crippen LogP contribution is -2.07. The fraction of sp³-hybridized carbons (Fsp3) is 0. The fourth-order valence-electron chi connectivity index (χ4n) is 1.59. The maximum absolute atomic E-state index is 12.2. The highest BCUT2D eigenvalue weighted by Crippen LogP contribution is 2.31. The number of aromatic nitrogens is 1. The number of hydrogen-bond donors (Lipinski definition) is 0. The van der Waals surface area contributed by atoms with E-state index in [9.17, 15) is 8.42 Å². The van der Waals surface area contributed by atoms with Crippen molar-refractivity contribution in [1.82, 2.24) is 5.16 Å². The summed E-state index contributed by atoms with van der Waals surface area (Å²) in [5.74, 6) is 0.204. The van der Waals surface area contributed by atoms with Crippen LogP contribution in [0.2, 0.25) is 5.02 Å². The largest absolute Gasteiger partial charge is 0.378 e. The summed E-state index contributed by atoms with van der Waals surface area (Å²) in [5, 5.41) is 4.26. The zero-order valence-electron chi connectivity index (χ0n) is 10.4. The molecule has 0 amide bonds. The second kappa shape index (κ2) is 5.51. The molecule has 108 valence electrons. The summed E-state index contributed by atoms with van der Waals surface area (Å²) in [5.41, 5.74) is 0.577. The summed E-state index contributed by atoms with van der Waals surface area (Å²) in [4.78, 5) is 0.682. The summed E-state index contributed by atoms with van der Waals surface area (Å²) in [6.07, 6.45) is 1.42. The molecular weight excluding hydrogens is 334 g/mol. The van der Waals surface area contributed by atoms with Crippen LogP contribution in [0.5, 0.6) is 5.75 Å². The molecule has 5 nitrogen and oxygen atoms in total. The van der Waals surface area contributed by atoms with Crippen LogP contribution >= 0.6 is 22.9 Å². The van der Waals surface area contributed by atoms with Gasteiger partial charge >= 0.3 is 10.1 Å². The molecule has 0 aliphatic rings. The van der Waals surface area contributed by atoms with Gasteiger partial charge in [-0.3, -0.25) is 0 Å². The Morgan fingerprint density at radius 1 is 1.10 bits per heavy atom. The Hall–Kier alpha value is -1.83. The first kappa shape index (κ1) is 14.1. The van der Waals surface area contributed by atoms with Gasteiger partial charge in [0.1, 0.15) is 17.7 Å². The van der Waals surface area contributed by atoms with Crippen LogP contribution in [0, 0.1) is 0 Å². The van der Waals surface area contributed by atoms with Crippen molar-refractivity contribution in [3.8, 4) is 16.3 Å². The molecule has 0 N–H and O–H groups in total. The molecule has 0 saturated carbocycles. The maximum atomic E-state index is 12.2. The average molecular weight is 342 g/mol. The van der Waals surface area contributed by atoms with E-state index in [1.807, 2.05) is 0 Å². The van der Waals surface area contributed by atoms with E-state index in [2.05, 4.69) is 5.16 Å². The van der Waals surface area contributed by atoms with Gasteiger partial charge in [0.15, 0.2) is 4.21 Å². The predicted octanol–water partition coefficient (Wildman–Crippen LogP) is 3.82. The van der Waals surface area contributed by atoms with Crippen molar-refractivity contribution in [3.05, 3.63) is 53.8 Å². The van der Waals surface area contributed by atoms with Crippen LogP contribution in [0.3, 0.4) is 0 Å². The number of hydrogen-bond acceptors (Lipinski definition) is 6. The second-order valence-corrected chi connectivity index (χ2v) is 7.29. The van der Waals surface area contributed by atoms with E-state index in [0.717, 1.165) is 11.3 Å². The summed E-state index contributed by atoms with van der Waals surface area (Å²) in [6.45, 7) is 0. The molecule has 0 aliphatic heterocycles. The van der Waals surface area contributed by atoms with Gasteiger partial charge in [-0.2, -0.15) is 8.42 Å². The maximum Gasteiger partial charge on any atom is 0.348 e. The van der Waals surface area contributed by atoms with Gasteiger partial charge in [0.2, 0.25) is 0 Å². The van der Waals surface area contributed by atoms with Crippen molar-refractivity contribution in [3.63, 3.8) is 0 Å². The van der Waals surface area contributed by atoms with Gasteiger partial charge in [-0.1, -0.05) is 16.8 Å². The summed E-state index contributed by atoms with van der Waals surface area (Å²) >= 11 is 6.80. The Bertz CT molecular complexity index is 839. The lowest BCUT2D eigenvalue weighted by molar-refractivity contribution is 0.422. The lowest BCUT2D eigenvalue weighted by Gasteiger charge is -2.04. The molecule has 0 unspecified atom stereocenters. The van der Waals surface area contributed by atoms with Gasteiger partial charge in [0, 0.05) is 11.1 Å². The van der Waals surface area contributed by atoms with Gasteiger partial charge in [0.05, 0.1) is 4.88 Å². The SMILES string of the molecule is O=S(=O)(Oc1ccc(Cl)cc1)c1ccc(-c2ccon2)s1. The van der Waals surface area contributed by atoms with Gasteiger partial charge in [-0.15, -0.1) is 11.3 Å². The van der Waals surface area contributed by atoms with Crippen LogP contribution in [-0.4, -0.2) is 13.6 Å². The van der Waals surface area contributed by atoms with E-state index < -0.39 is 10.1 Å². The summed E-state index contributed by atoms with van der Waals surface area (Å²) in [7, 11) is -3.88. The highest BCUT2D eigenvalue weighted by atomic mass is 35.5. The zero-order valence-corrected chi connectivity index (χ0v) is 12.8. The van der Waals surface area contributed by atoms with Gasteiger partial charge in [0.25, 0.3) is 0 Å². The van der Waals surface area contributed by atoms with E-state index >= 15 is 0 Å². The number of thiophene rings is 1. The van der Waals surface area contributed by atoms with Gasteiger partial charge in [-0.05, 0) is 36.4 Å². The zero-order chi connectivity index (χ0) is 14.9. The van der Waals surface area contributed by atoms with Crippen molar-refractivity contribution < 1.29 is 17.1 Å². The number of benzene rings is 1. The van der Waals surface area contributed by atoms with Crippen LogP contribution in [0.15, 0.2) is 57.5 Å². The molecule has 0 spiro atoms. The molecule has 1 aromatic carbocycles. The third-order valence-corrected chi connectivity index (χ3v) is 5.60. The molecule has 8 heteroatoms. The Kier molecular flexibility index (Phi) is 3.71. The average Bonchev–Trinajstić information content (AvgIpc) is 3.11. The van der Waals surface area contributed by atoms with Crippen LogP contribution < -0.4 is 4.18 Å². The highest BCUT2D eigenvalue weighted by Gasteiger charge is 2.20. The van der Waals surface area contributed by atoms with E-state index in [-0.39, 0.29) is 9.96 Å². The molecule has 0 fully saturated rings. The number of rotatable bonds is 4. The molecule has 0 bridgehead atoms. The molecule has 0 radical (unpaired) electrons. The van der Waals surface area contributed by atoms with Crippen LogP contribution in [0.1, 0.15) is 0 Å². The van der Waals surface area contributed by atoms with E-state index in [4.69, 9.17) is 20.3 Å². The first-order valence-corrected chi connectivity index (χ1v) is 8.35. The van der Waals surface area contributed by atoms with Crippen LogP contribution in [0.4, 0.5) is 0 Å². The summed E-state index contributed by atoms with van der Waals surface area (Å²) < 4.78 is 34.2. The Balaban J connectivity index is 1.87. The first-order valence-electron chi connectivity index (χ1n) is 5.75. The second-order valence-electron chi connectivity index (χ2n) is 3.99. The van der Waals surface area contributed by atoms with E-state index in [0.29, 0.717) is 15.6 Å². The highest BCUT2D eigenvalue weighted by molar-refractivity contribution is 7.89. The predicted molar refractivity (Wildman–Crippen MR) is 79.1 cm³/mol. The molecule has 3 aromatic rings. The topological polar surface area (TPSA) is 69.4 Å². The monoisotopic (exact) mass is 341 g/mol. The smallest absolute Gasteiger partial charge is 0.348 e. The standard InChI is InChI=1S/C13H8ClNO4S2/c14-9-1-3-10(4-2-9)19-21(16,17)13-6-5-12(20-13)11-7-8-18-15-11/h1-8H. The van der Waals surface area contributed by atoms with Crippen molar-refractivity contribution in [2.75, 3.05) is 0 Å². The first-order chi connectivity index (χ1) is 10.0. The Morgan fingerprint density at radius 3 is 2.52 bits per heavy atom. The third kappa shape index (κ3) is 3.10. The van der Waals surface area contributed by atoms with E-state index in [1.165, 1.54) is 24.5 Å². The fourth-order valence-corrected chi connectivity index (χ4v) is 3.88.